The number of hydrogen-bond acceptors (Lipinski definition) is 2. The van der Waals surface area contributed by atoms with Gasteiger partial charge in [-0.1, -0.05) is 25.4 Å². The molecule has 0 spiro atoms. The zero-order valence-corrected chi connectivity index (χ0v) is 8.95. The fourth-order valence-electron chi connectivity index (χ4n) is 1.16. The first-order valence-corrected chi connectivity index (χ1v) is 4.80. The molecule has 0 aliphatic heterocycles. The van der Waals surface area contributed by atoms with Gasteiger partial charge in [-0.25, -0.2) is 0 Å². The second-order valence-electron chi connectivity index (χ2n) is 3.61. The average Bonchev–Trinajstić information content (AvgIpc) is 2.34. The Labute approximate surface area is 87.5 Å². The van der Waals surface area contributed by atoms with Gasteiger partial charge in [0.15, 0.2) is 0 Å². The van der Waals surface area contributed by atoms with Crippen molar-refractivity contribution in [3.05, 3.63) is 16.9 Å². The van der Waals surface area contributed by atoms with Crippen LogP contribution in [0.3, 0.4) is 0 Å². The average molecular weight is 217 g/mol. The monoisotopic (exact) mass is 216 g/mol. The summed E-state index contributed by atoms with van der Waals surface area (Å²) in [5, 5.41) is 13.0. The zero-order valence-electron chi connectivity index (χ0n) is 8.20. The maximum absolute atomic E-state index is 10.5. The Morgan fingerprint density at radius 1 is 1.71 bits per heavy atom. The number of carboxylic acids is 1. The van der Waals surface area contributed by atoms with Crippen LogP contribution in [0.15, 0.2) is 6.20 Å². The van der Waals surface area contributed by atoms with Crippen LogP contribution in [0.4, 0.5) is 0 Å². The van der Waals surface area contributed by atoms with Crippen LogP contribution in [0.25, 0.3) is 0 Å². The van der Waals surface area contributed by atoms with Gasteiger partial charge in [0, 0.05) is 12.1 Å². The van der Waals surface area contributed by atoms with Crippen LogP contribution >= 0.6 is 11.6 Å². The molecule has 4 nitrogen and oxygen atoms in total. The maximum atomic E-state index is 10.5. The van der Waals surface area contributed by atoms with Crippen molar-refractivity contribution in [2.75, 3.05) is 0 Å². The first-order chi connectivity index (χ1) is 6.50. The third-order valence-electron chi connectivity index (χ3n) is 1.72. The quantitative estimate of drug-likeness (QED) is 0.835. The Balaban J connectivity index is 2.79. The van der Waals surface area contributed by atoms with Crippen LogP contribution in [-0.4, -0.2) is 20.9 Å². The molecule has 0 aromatic carbocycles. The number of aromatic nitrogens is 2. The molecule has 0 saturated heterocycles. The fraction of sp³-hybridized carbons (Fsp3) is 0.556. The second kappa shape index (κ2) is 4.46. The van der Waals surface area contributed by atoms with Crippen LogP contribution in [0.1, 0.15) is 19.4 Å². The number of rotatable bonds is 4. The third kappa shape index (κ3) is 2.73. The fourth-order valence-corrected chi connectivity index (χ4v) is 1.39. The van der Waals surface area contributed by atoms with E-state index >= 15 is 0 Å². The van der Waals surface area contributed by atoms with Crippen molar-refractivity contribution in [3.63, 3.8) is 0 Å². The number of carbonyl (C=O) groups is 1. The van der Waals surface area contributed by atoms with Gasteiger partial charge in [0.2, 0.25) is 0 Å². The van der Waals surface area contributed by atoms with E-state index in [1.165, 1.54) is 6.20 Å². The molecule has 0 aliphatic carbocycles. The predicted molar refractivity (Wildman–Crippen MR) is 53.4 cm³/mol. The van der Waals surface area contributed by atoms with E-state index in [9.17, 15) is 4.79 Å². The molecule has 1 rings (SSSR count). The predicted octanol–water partition coefficient (Wildman–Crippen LogP) is 1.82. The van der Waals surface area contributed by atoms with Gasteiger partial charge in [-0.05, 0) is 5.92 Å². The van der Waals surface area contributed by atoms with Crippen molar-refractivity contribution in [1.82, 2.24) is 9.78 Å². The van der Waals surface area contributed by atoms with Crippen molar-refractivity contribution in [1.29, 1.82) is 0 Å². The lowest BCUT2D eigenvalue weighted by atomic mass is 10.2. The third-order valence-corrected chi connectivity index (χ3v) is 2.16. The molecule has 0 unspecified atom stereocenters. The molecule has 0 bridgehead atoms. The molecular formula is C9H13ClN2O2. The number of aliphatic carboxylic acids is 1. The molecule has 0 atom stereocenters. The number of halogens is 1. The smallest absolute Gasteiger partial charge is 0.307 e. The molecule has 0 saturated carbocycles. The zero-order chi connectivity index (χ0) is 10.7. The van der Waals surface area contributed by atoms with Crippen molar-refractivity contribution in [3.8, 4) is 0 Å². The summed E-state index contributed by atoms with van der Waals surface area (Å²) in [7, 11) is 0. The Bertz CT molecular complexity index is 334. The van der Waals surface area contributed by atoms with Crippen molar-refractivity contribution < 1.29 is 9.90 Å². The summed E-state index contributed by atoms with van der Waals surface area (Å²) >= 11 is 5.95. The Hall–Kier alpha value is -1.03. The summed E-state index contributed by atoms with van der Waals surface area (Å²) in [5.41, 5.74) is 0.569. The van der Waals surface area contributed by atoms with E-state index in [2.05, 4.69) is 18.9 Å². The lowest BCUT2D eigenvalue weighted by Crippen LogP contribution is -2.06. The van der Waals surface area contributed by atoms with Gasteiger partial charge in [-0.3, -0.25) is 9.48 Å². The minimum Gasteiger partial charge on any atom is -0.481 e. The molecule has 1 heterocycles. The number of hydrogen-bond donors (Lipinski definition) is 1. The lowest BCUT2D eigenvalue weighted by molar-refractivity contribution is -0.136. The summed E-state index contributed by atoms with van der Waals surface area (Å²) < 4.78 is 1.63. The molecule has 0 radical (unpaired) electrons. The molecule has 0 fully saturated rings. The minimum absolute atomic E-state index is 0.0725. The van der Waals surface area contributed by atoms with Crippen LogP contribution < -0.4 is 0 Å². The first kappa shape index (κ1) is 11.0. The minimum atomic E-state index is -0.893. The summed E-state index contributed by atoms with van der Waals surface area (Å²) in [6.45, 7) is 4.81. The van der Waals surface area contributed by atoms with Crippen molar-refractivity contribution >= 4 is 17.6 Å². The molecule has 1 aromatic rings. The molecule has 14 heavy (non-hydrogen) atoms. The van der Waals surface area contributed by atoms with E-state index in [1.807, 2.05) is 0 Å². The highest BCUT2D eigenvalue weighted by atomic mass is 35.5. The highest BCUT2D eigenvalue weighted by Crippen LogP contribution is 2.17. The SMILES string of the molecule is CC(C)Cn1ncc(CC(=O)O)c1Cl. The Morgan fingerprint density at radius 2 is 2.36 bits per heavy atom. The largest absolute Gasteiger partial charge is 0.481 e. The Morgan fingerprint density at radius 3 is 2.86 bits per heavy atom. The van der Waals surface area contributed by atoms with Crippen LogP contribution in [0.5, 0.6) is 0 Å². The van der Waals surface area contributed by atoms with Gasteiger partial charge in [-0.2, -0.15) is 5.10 Å². The molecular weight excluding hydrogens is 204 g/mol. The number of carboxylic acid groups (broad SMARTS) is 1. The topological polar surface area (TPSA) is 55.1 Å². The molecule has 0 amide bonds. The summed E-state index contributed by atoms with van der Waals surface area (Å²) in [6, 6.07) is 0. The van der Waals surface area contributed by atoms with Crippen LogP contribution in [0.2, 0.25) is 5.15 Å². The van der Waals surface area contributed by atoms with Gasteiger partial charge in [0.05, 0.1) is 12.6 Å². The molecule has 5 heteroatoms. The van der Waals surface area contributed by atoms with Crippen molar-refractivity contribution in [2.45, 2.75) is 26.8 Å². The molecule has 0 aliphatic rings. The van der Waals surface area contributed by atoms with E-state index in [0.29, 0.717) is 23.2 Å². The first-order valence-electron chi connectivity index (χ1n) is 4.42. The molecule has 1 aromatic heterocycles. The lowest BCUT2D eigenvalue weighted by Gasteiger charge is -2.05. The van der Waals surface area contributed by atoms with Crippen LogP contribution in [-0.2, 0) is 17.8 Å². The highest BCUT2D eigenvalue weighted by Gasteiger charge is 2.11. The van der Waals surface area contributed by atoms with Crippen molar-refractivity contribution in [2.24, 2.45) is 5.92 Å². The molecule has 1 N–H and O–H groups in total. The van der Waals surface area contributed by atoms with Gasteiger partial charge in [0.25, 0.3) is 0 Å². The highest BCUT2D eigenvalue weighted by molar-refractivity contribution is 6.30. The Kier molecular flexibility index (Phi) is 3.52. The second-order valence-corrected chi connectivity index (χ2v) is 3.97. The van der Waals surface area contributed by atoms with E-state index in [1.54, 1.807) is 4.68 Å². The molecule has 78 valence electrons. The van der Waals surface area contributed by atoms with E-state index in [4.69, 9.17) is 16.7 Å². The standard InChI is InChI=1S/C9H13ClN2O2/c1-6(2)5-12-9(10)7(4-11-12)3-8(13)14/h4,6H,3,5H2,1-2H3,(H,13,14). The van der Waals surface area contributed by atoms with Gasteiger partial charge in [0.1, 0.15) is 5.15 Å². The van der Waals surface area contributed by atoms with Crippen LogP contribution in [0, 0.1) is 5.92 Å². The van der Waals surface area contributed by atoms with E-state index < -0.39 is 5.97 Å². The normalized spacial score (nSPS) is 10.9. The van der Waals surface area contributed by atoms with Gasteiger partial charge >= 0.3 is 5.97 Å². The summed E-state index contributed by atoms with van der Waals surface area (Å²) in [6.07, 6.45) is 1.44. The van der Waals surface area contributed by atoms with E-state index in [0.717, 1.165) is 0 Å². The summed E-state index contributed by atoms with van der Waals surface area (Å²) in [4.78, 5) is 10.5. The maximum Gasteiger partial charge on any atom is 0.307 e. The number of nitrogens with zero attached hydrogens (tertiary/aromatic N) is 2. The summed E-state index contributed by atoms with van der Waals surface area (Å²) in [5.74, 6) is -0.457. The van der Waals surface area contributed by atoms with E-state index in [-0.39, 0.29) is 6.42 Å². The van der Waals surface area contributed by atoms with Gasteiger partial charge in [-0.15, -0.1) is 0 Å². The van der Waals surface area contributed by atoms with Gasteiger partial charge < -0.3 is 5.11 Å².